The van der Waals surface area contributed by atoms with Gasteiger partial charge >= 0.3 is 6.09 Å². The molecule has 0 saturated heterocycles. The lowest BCUT2D eigenvalue weighted by molar-refractivity contribution is 0.0528. The zero-order valence-electron chi connectivity index (χ0n) is 17.7. The van der Waals surface area contributed by atoms with Crippen molar-refractivity contribution in [3.63, 3.8) is 0 Å². The number of amides is 1. The average molecular weight is 419 g/mol. The molecule has 0 unspecified atom stereocenters. The van der Waals surface area contributed by atoms with Crippen LogP contribution in [0.15, 0.2) is 53.4 Å². The smallest absolute Gasteiger partial charge is 0.407 e. The molecule has 0 atom stereocenters. The van der Waals surface area contributed by atoms with Gasteiger partial charge in [0.25, 0.3) is 10.0 Å². The number of anilines is 1. The molecule has 1 amide bonds. The quantitative estimate of drug-likeness (QED) is 0.684. The number of carbonyl (C=O) groups is 1. The van der Waals surface area contributed by atoms with Gasteiger partial charge in [0.2, 0.25) is 0 Å². The Morgan fingerprint density at radius 2 is 1.59 bits per heavy atom. The molecule has 0 spiro atoms. The second-order valence-electron chi connectivity index (χ2n) is 8.20. The van der Waals surface area contributed by atoms with Crippen molar-refractivity contribution >= 4 is 21.8 Å². The van der Waals surface area contributed by atoms with E-state index in [1.54, 1.807) is 24.3 Å². The zero-order chi connectivity index (χ0) is 21.7. The molecule has 0 fully saturated rings. The molecule has 29 heavy (non-hydrogen) atoms. The van der Waals surface area contributed by atoms with Crippen molar-refractivity contribution in [1.29, 1.82) is 0 Å². The fraction of sp³-hybridized carbons (Fsp3) is 0.409. The molecule has 6 nitrogen and oxygen atoms in total. The number of alkyl carbamates (subject to hydrolysis) is 1. The van der Waals surface area contributed by atoms with Gasteiger partial charge in [0.1, 0.15) is 5.60 Å². The molecule has 0 aliphatic rings. The Morgan fingerprint density at radius 3 is 2.10 bits per heavy atom. The molecular weight excluding hydrogens is 388 g/mol. The summed E-state index contributed by atoms with van der Waals surface area (Å²) >= 11 is 0. The number of hydrogen-bond acceptors (Lipinski definition) is 4. The van der Waals surface area contributed by atoms with E-state index in [1.165, 1.54) is 0 Å². The van der Waals surface area contributed by atoms with E-state index in [1.807, 2.05) is 45.0 Å². The van der Waals surface area contributed by atoms with Crippen molar-refractivity contribution in [2.24, 2.45) is 0 Å². The standard InChI is InChI=1S/C22H30N2O4S/c1-16(2)18-8-12-20(13-9-18)29(26,27)24-19-10-6-17(7-11-19)14-15-23-21(25)28-22(3,4)5/h6-13,16,24H,14-15H2,1-5H3,(H,23,25). The summed E-state index contributed by atoms with van der Waals surface area (Å²) < 4.78 is 32.9. The van der Waals surface area contributed by atoms with Crippen molar-refractivity contribution in [1.82, 2.24) is 5.32 Å². The summed E-state index contributed by atoms with van der Waals surface area (Å²) in [4.78, 5) is 11.9. The van der Waals surface area contributed by atoms with E-state index in [9.17, 15) is 13.2 Å². The van der Waals surface area contributed by atoms with Crippen molar-refractivity contribution in [3.05, 3.63) is 59.7 Å². The Kier molecular flexibility index (Phi) is 7.30. The number of hydrogen-bond donors (Lipinski definition) is 2. The highest BCUT2D eigenvalue weighted by Crippen LogP contribution is 2.20. The van der Waals surface area contributed by atoms with Crippen LogP contribution in [0.2, 0.25) is 0 Å². The molecule has 0 saturated carbocycles. The summed E-state index contributed by atoms with van der Waals surface area (Å²) in [5.74, 6) is 0.345. The van der Waals surface area contributed by atoms with Crippen LogP contribution >= 0.6 is 0 Å². The van der Waals surface area contributed by atoms with Crippen LogP contribution in [0.3, 0.4) is 0 Å². The van der Waals surface area contributed by atoms with Gasteiger partial charge in [0.05, 0.1) is 4.90 Å². The van der Waals surface area contributed by atoms with Gasteiger partial charge in [-0.15, -0.1) is 0 Å². The van der Waals surface area contributed by atoms with Crippen LogP contribution in [0.25, 0.3) is 0 Å². The van der Waals surface area contributed by atoms with E-state index in [0.717, 1.165) is 11.1 Å². The first-order chi connectivity index (χ1) is 13.5. The first-order valence-electron chi connectivity index (χ1n) is 9.65. The van der Waals surface area contributed by atoms with Crippen LogP contribution in [-0.2, 0) is 21.2 Å². The van der Waals surface area contributed by atoms with Crippen LogP contribution < -0.4 is 10.0 Å². The minimum Gasteiger partial charge on any atom is -0.444 e. The maximum Gasteiger partial charge on any atom is 0.407 e. The summed E-state index contributed by atoms with van der Waals surface area (Å²) in [5, 5.41) is 2.70. The second-order valence-corrected chi connectivity index (χ2v) is 9.89. The zero-order valence-corrected chi connectivity index (χ0v) is 18.5. The van der Waals surface area contributed by atoms with Crippen molar-refractivity contribution < 1.29 is 17.9 Å². The molecule has 0 aliphatic heterocycles. The summed E-state index contributed by atoms with van der Waals surface area (Å²) in [6.45, 7) is 9.99. The molecule has 0 aromatic heterocycles. The fourth-order valence-electron chi connectivity index (χ4n) is 2.61. The Balaban J connectivity index is 1.92. The number of ether oxygens (including phenoxy) is 1. The van der Waals surface area contributed by atoms with Crippen molar-refractivity contribution in [2.75, 3.05) is 11.3 Å². The highest BCUT2D eigenvalue weighted by Gasteiger charge is 2.16. The Hall–Kier alpha value is -2.54. The molecule has 7 heteroatoms. The average Bonchev–Trinajstić information content (AvgIpc) is 2.61. The summed E-state index contributed by atoms with van der Waals surface area (Å²) in [6, 6.07) is 14.0. The number of carbonyl (C=O) groups excluding carboxylic acids is 1. The van der Waals surface area contributed by atoms with Gasteiger partial charge in [-0.05, 0) is 68.5 Å². The highest BCUT2D eigenvalue weighted by atomic mass is 32.2. The molecule has 0 bridgehead atoms. The van der Waals surface area contributed by atoms with Crippen LogP contribution in [-0.4, -0.2) is 26.7 Å². The third-order valence-electron chi connectivity index (χ3n) is 4.15. The Morgan fingerprint density at radius 1 is 1.00 bits per heavy atom. The lowest BCUT2D eigenvalue weighted by Crippen LogP contribution is -2.33. The molecule has 158 valence electrons. The van der Waals surface area contributed by atoms with E-state index in [2.05, 4.69) is 23.9 Å². The first kappa shape index (κ1) is 22.7. The number of nitrogens with one attached hydrogen (secondary N) is 2. The van der Waals surface area contributed by atoms with Gasteiger partial charge in [-0.1, -0.05) is 38.1 Å². The van der Waals surface area contributed by atoms with Crippen LogP contribution in [0.5, 0.6) is 0 Å². The molecule has 0 radical (unpaired) electrons. The normalized spacial score (nSPS) is 11.9. The van der Waals surface area contributed by atoms with Crippen molar-refractivity contribution in [3.8, 4) is 0 Å². The third kappa shape index (κ3) is 7.42. The van der Waals surface area contributed by atoms with Gasteiger partial charge in [-0.25, -0.2) is 13.2 Å². The van der Waals surface area contributed by atoms with E-state index in [-0.39, 0.29) is 4.90 Å². The Labute approximate surface area is 173 Å². The number of benzene rings is 2. The van der Waals surface area contributed by atoms with Crippen LogP contribution in [0.4, 0.5) is 10.5 Å². The summed E-state index contributed by atoms with van der Waals surface area (Å²) in [6.07, 6.45) is 0.161. The molecule has 0 aliphatic carbocycles. The Bertz CT molecular complexity index is 913. The van der Waals surface area contributed by atoms with Gasteiger partial charge in [-0.3, -0.25) is 4.72 Å². The predicted molar refractivity (Wildman–Crippen MR) is 116 cm³/mol. The lowest BCUT2D eigenvalue weighted by Gasteiger charge is -2.19. The molecule has 2 rings (SSSR count). The van der Waals surface area contributed by atoms with Crippen LogP contribution in [0, 0.1) is 0 Å². The molecule has 2 aromatic carbocycles. The predicted octanol–water partition coefficient (Wildman–Crippen LogP) is 4.68. The summed E-state index contributed by atoms with van der Waals surface area (Å²) in [7, 11) is -3.64. The molecule has 0 heterocycles. The minimum absolute atomic E-state index is 0.229. The van der Waals surface area contributed by atoms with E-state index in [0.29, 0.717) is 24.6 Å². The summed E-state index contributed by atoms with van der Waals surface area (Å²) in [5.41, 5.74) is 2.03. The largest absolute Gasteiger partial charge is 0.444 e. The maximum absolute atomic E-state index is 12.6. The minimum atomic E-state index is -3.64. The molecule has 2 N–H and O–H groups in total. The first-order valence-corrected chi connectivity index (χ1v) is 11.1. The monoisotopic (exact) mass is 418 g/mol. The second kappa shape index (κ2) is 9.31. The van der Waals surface area contributed by atoms with Crippen LogP contribution in [0.1, 0.15) is 51.7 Å². The highest BCUT2D eigenvalue weighted by molar-refractivity contribution is 7.92. The van der Waals surface area contributed by atoms with E-state index >= 15 is 0 Å². The SMILES string of the molecule is CC(C)c1ccc(S(=O)(=O)Nc2ccc(CCNC(=O)OC(C)(C)C)cc2)cc1. The number of rotatable bonds is 7. The van der Waals surface area contributed by atoms with E-state index in [4.69, 9.17) is 4.74 Å². The van der Waals surface area contributed by atoms with Gasteiger partial charge in [0.15, 0.2) is 0 Å². The third-order valence-corrected chi connectivity index (χ3v) is 5.54. The molecular formula is C22H30N2O4S. The fourth-order valence-corrected chi connectivity index (χ4v) is 3.67. The topological polar surface area (TPSA) is 84.5 Å². The van der Waals surface area contributed by atoms with Gasteiger partial charge in [-0.2, -0.15) is 0 Å². The maximum atomic E-state index is 12.6. The molecule has 2 aromatic rings. The van der Waals surface area contributed by atoms with Gasteiger partial charge < -0.3 is 10.1 Å². The van der Waals surface area contributed by atoms with Crippen molar-refractivity contribution in [2.45, 2.75) is 57.5 Å². The lowest BCUT2D eigenvalue weighted by atomic mass is 10.0. The van der Waals surface area contributed by atoms with Gasteiger partial charge in [0, 0.05) is 12.2 Å². The van der Waals surface area contributed by atoms with E-state index < -0.39 is 21.7 Å². The number of sulfonamides is 1.